The van der Waals surface area contributed by atoms with Crippen LogP contribution in [0.25, 0.3) is 0 Å². The number of furan rings is 1. The molecule has 0 unspecified atom stereocenters. The van der Waals surface area contributed by atoms with Gasteiger partial charge >= 0.3 is 0 Å². The van der Waals surface area contributed by atoms with Crippen LogP contribution in [0, 0.1) is 0 Å². The molecule has 3 rings (SSSR count). The molecule has 0 aromatic carbocycles. The highest BCUT2D eigenvalue weighted by atomic mass is 16.7. The summed E-state index contributed by atoms with van der Waals surface area (Å²) < 4.78 is 16.3. The van der Waals surface area contributed by atoms with Crippen LogP contribution in [0.2, 0.25) is 0 Å². The first kappa shape index (κ1) is 17.5. The molecule has 0 saturated carbocycles. The average molecular weight is 337 g/mol. The summed E-state index contributed by atoms with van der Waals surface area (Å²) in [7, 11) is 0. The topological polar surface area (TPSA) is 72.1 Å². The number of carbonyl (C=O) groups is 1. The van der Waals surface area contributed by atoms with Gasteiger partial charge in [0.25, 0.3) is 0 Å². The van der Waals surface area contributed by atoms with Crippen LogP contribution in [0.4, 0.5) is 0 Å². The monoisotopic (exact) mass is 337 g/mol. The minimum atomic E-state index is -0.680. The summed E-state index contributed by atoms with van der Waals surface area (Å²) in [6.07, 6.45) is 6.22. The molecule has 6 nitrogen and oxygen atoms in total. The minimum Gasteiger partial charge on any atom is -0.467 e. The van der Waals surface area contributed by atoms with Crippen LogP contribution in [-0.4, -0.2) is 48.0 Å². The molecule has 0 bridgehead atoms. The van der Waals surface area contributed by atoms with E-state index in [9.17, 15) is 9.90 Å². The molecule has 3 heterocycles. The Kier molecular flexibility index (Phi) is 6.29. The molecular weight excluding hydrogens is 310 g/mol. The van der Waals surface area contributed by atoms with Crippen molar-refractivity contribution < 1.29 is 23.8 Å². The van der Waals surface area contributed by atoms with E-state index in [4.69, 9.17) is 13.9 Å². The predicted octanol–water partition coefficient (Wildman–Crippen LogP) is 2.63. The molecule has 2 aliphatic heterocycles. The van der Waals surface area contributed by atoms with E-state index < -0.39 is 12.4 Å². The van der Waals surface area contributed by atoms with E-state index >= 15 is 0 Å². The van der Waals surface area contributed by atoms with Gasteiger partial charge in [-0.1, -0.05) is 12.8 Å². The Hall–Kier alpha value is -1.37. The van der Waals surface area contributed by atoms with E-state index in [0.717, 1.165) is 38.6 Å². The number of hydrogen-bond donors (Lipinski definition) is 1. The molecule has 1 amide bonds. The van der Waals surface area contributed by atoms with E-state index in [0.29, 0.717) is 25.4 Å². The Balaban J connectivity index is 1.61. The lowest BCUT2D eigenvalue weighted by Crippen LogP contribution is -2.43. The van der Waals surface area contributed by atoms with Gasteiger partial charge in [-0.05, 0) is 31.4 Å². The predicted molar refractivity (Wildman–Crippen MR) is 87.2 cm³/mol. The largest absolute Gasteiger partial charge is 0.467 e. The molecule has 2 atom stereocenters. The molecule has 2 fully saturated rings. The minimum absolute atomic E-state index is 0.0312. The van der Waals surface area contributed by atoms with Gasteiger partial charge in [-0.2, -0.15) is 0 Å². The second kappa shape index (κ2) is 8.65. The first-order chi connectivity index (χ1) is 11.7. The maximum absolute atomic E-state index is 12.8. The highest BCUT2D eigenvalue weighted by Crippen LogP contribution is 2.27. The van der Waals surface area contributed by atoms with Gasteiger partial charge in [-0.3, -0.25) is 4.79 Å². The highest BCUT2D eigenvalue weighted by Gasteiger charge is 2.30. The van der Waals surface area contributed by atoms with Crippen molar-refractivity contribution in [3.8, 4) is 0 Å². The molecule has 0 aliphatic carbocycles. The van der Waals surface area contributed by atoms with Crippen molar-refractivity contribution in [1.82, 2.24) is 4.90 Å². The van der Waals surface area contributed by atoms with Gasteiger partial charge in [0, 0.05) is 19.0 Å². The molecule has 6 heteroatoms. The number of aliphatic hydroxyl groups excluding tert-OH is 1. The smallest absolute Gasteiger partial charge is 0.227 e. The number of aliphatic hydroxyl groups is 1. The lowest BCUT2D eigenvalue weighted by atomic mass is 10.0. The second-order valence-electron chi connectivity index (χ2n) is 6.59. The summed E-state index contributed by atoms with van der Waals surface area (Å²) in [4.78, 5) is 14.7. The van der Waals surface area contributed by atoms with Crippen molar-refractivity contribution in [2.24, 2.45) is 0 Å². The van der Waals surface area contributed by atoms with Crippen LogP contribution >= 0.6 is 0 Å². The Morgan fingerprint density at radius 3 is 2.83 bits per heavy atom. The first-order valence-electron chi connectivity index (χ1n) is 8.98. The number of nitrogens with zero attached hydrogens (tertiary/aromatic N) is 1. The molecule has 134 valence electrons. The van der Waals surface area contributed by atoms with Gasteiger partial charge in [0.1, 0.15) is 11.9 Å². The molecule has 1 N–H and O–H groups in total. The summed E-state index contributed by atoms with van der Waals surface area (Å²) in [6.45, 7) is 2.04. The fourth-order valence-electron chi connectivity index (χ4n) is 3.52. The number of amides is 1. The Morgan fingerprint density at radius 2 is 2.08 bits per heavy atom. The van der Waals surface area contributed by atoms with E-state index in [-0.39, 0.29) is 18.4 Å². The second-order valence-corrected chi connectivity index (χ2v) is 6.59. The standard InChI is InChI=1S/C18H27NO5/c20-15(16-7-4-9-22-16)12-14-6-2-1-3-8-19(14)17(21)13-18-23-10-5-11-24-18/h4,7,9,14-15,18,20H,1-3,5-6,8,10-13H2/t14-,15+/m1/s1. The SMILES string of the molecule is O=C(CC1OCCCO1)N1CCCCC[C@@H]1C[C@H](O)c1ccco1. The van der Waals surface area contributed by atoms with E-state index in [2.05, 4.69) is 0 Å². The zero-order valence-corrected chi connectivity index (χ0v) is 14.1. The number of likely N-dealkylation sites (tertiary alicyclic amines) is 1. The average Bonchev–Trinajstić information content (AvgIpc) is 3.03. The van der Waals surface area contributed by atoms with Crippen LogP contribution in [0.5, 0.6) is 0 Å². The first-order valence-corrected chi connectivity index (χ1v) is 8.98. The van der Waals surface area contributed by atoms with Crippen LogP contribution < -0.4 is 0 Å². The fourth-order valence-corrected chi connectivity index (χ4v) is 3.52. The molecule has 0 radical (unpaired) electrons. The quantitative estimate of drug-likeness (QED) is 0.894. The van der Waals surface area contributed by atoms with E-state index in [1.54, 1.807) is 18.4 Å². The van der Waals surface area contributed by atoms with Crippen molar-refractivity contribution in [2.75, 3.05) is 19.8 Å². The van der Waals surface area contributed by atoms with E-state index in [1.165, 1.54) is 0 Å². The summed E-state index contributed by atoms with van der Waals surface area (Å²) >= 11 is 0. The number of ether oxygens (including phenoxy) is 2. The van der Waals surface area contributed by atoms with Crippen molar-refractivity contribution in [2.45, 2.75) is 63.4 Å². The van der Waals surface area contributed by atoms with E-state index in [1.807, 2.05) is 4.90 Å². The van der Waals surface area contributed by atoms with Gasteiger partial charge in [0.15, 0.2) is 6.29 Å². The zero-order chi connectivity index (χ0) is 16.8. The Labute approximate surface area is 142 Å². The molecule has 2 aliphatic rings. The van der Waals surface area contributed by atoms with Crippen LogP contribution in [0.1, 0.15) is 56.8 Å². The van der Waals surface area contributed by atoms with Crippen LogP contribution in [0.3, 0.4) is 0 Å². The number of carbonyl (C=O) groups excluding carboxylic acids is 1. The molecule has 24 heavy (non-hydrogen) atoms. The third kappa shape index (κ3) is 4.59. The molecule has 2 saturated heterocycles. The number of rotatable bonds is 5. The van der Waals surface area contributed by atoms with Crippen molar-refractivity contribution in [3.05, 3.63) is 24.2 Å². The third-order valence-corrected chi connectivity index (χ3v) is 4.80. The molecule has 1 aromatic rings. The Bertz CT molecular complexity index is 498. The van der Waals surface area contributed by atoms with Crippen LogP contribution in [-0.2, 0) is 14.3 Å². The summed E-state index contributed by atoms with van der Waals surface area (Å²) in [5.74, 6) is 0.617. The fraction of sp³-hybridized carbons (Fsp3) is 0.722. The van der Waals surface area contributed by atoms with Crippen molar-refractivity contribution >= 4 is 5.91 Å². The van der Waals surface area contributed by atoms with Gasteiger partial charge in [0.05, 0.1) is 25.9 Å². The van der Waals surface area contributed by atoms with Gasteiger partial charge < -0.3 is 23.9 Å². The summed E-state index contributed by atoms with van der Waals surface area (Å²) in [5, 5.41) is 10.4. The lowest BCUT2D eigenvalue weighted by Gasteiger charge is -2.33. The summed E-state index contributed by atoms with van der Waals surface area (Å²) in [5.41, 5.74) is 0. The maximum atomic E-state index is 12.8. The zero-order valence-electron chi connectivity index (χ0n) is 14.1. The van der Waals surface area contributed by atoms with Gasteiger partial charge in [0.2, 0.25) is 5.91 Å². The highest BCUT2D eigenvalue weighted by molar-refractivity contribution is 5.77. The maximum Gasteiger partial charge on any atom is 0.227 e. The number of hydrogen-bond acceptors (Lipinski definition) is 5. The van der Waals surface area contributed by atoms with Crippen molar-refractivity contribution in [3.63, 3.8) is 0 Å². The van der Waals surface area contributed by atoms with Crippen molar-refractivity contribution in [1.29, 1.82) is 0 Å². The van der Waals surface area contributed by atoms with Gasteiger partial charge in [-0.15, -0.1) is 0 Å². The lowest BCUT2D eigenvalue weighted by molar-refractivity contribution is -0.187. The molecule has 1 aromatic heterocycles. The van der Waals surface area contributed by atoms with Crippen LogP contribution in [0.15, 0.2) is 22.8 Å². The molecular formula is C18H27NO5. The third-order valence-electron chi connectivity index (χ3n) is 4.80. The normalized spacial score (nSPS) is 24.5. The Morgan fingerprint density at radius 1 is 1.25 bits per heavy atom. The summed E-state index contributed by atoms with van der Waals surface area (Å²) in [6, 6.07) is 3.58. The van der Waals surface area contributed by atoms with Gasteiger partial charge in [-0.25, -0.2) is 0 Å². The molecule has 0 spiro atoms.